The first-order valence-electron chi connectivity index (χ1n) is 8.91. The van der Waals surface area contributed by atoms with Gasteiger partial charge >= 0.3 is 0 Å². The minimum Gasteiger partial charge on any atom is -0.496 e. The van der Waals surface area contributed by atoms with E-state index < -0.39 is 0 Å². The third kappa shape index (κ3) is 4.04. The summed E-state index contributed by atoms with van der Waals surface area (Å²) in [7, 11) is 3.40. The Morgan fingerprint density at radius 2 is 1.56 bits per heavy atom. The molecule has 3 heteroatoms. The average Bonchev–Trinajstić information content (AvgIpc) is 2.67. The molecule has 0 atom stereocenters. The highest BCUT2D eigenvalue weighted by Gasteiger charge is 2.23. The van der Waals surface area contributed by atoms with Gasteiger partial charge in [-0.1, -0.05) is 49.6 Å². The van der Waals surface area contributed by atoms with Gasteiger partial charge in [0.05, 0.1) is 14.2 Å². The van der Waals surface area contributed by atoms with Crippen molar-refractivity contribution in [1.82, 2.24) is 0 Å². The molecule has 0 saturated heterocycles. The molecular weight excluding hydrogens is 315 g/mol. The van der Waals surface area contributed by atoms with E-state index in [4.69, 9.17) is 9.47 Å². The third-order valence-electron chi connectivity index (χ3n) is 4.94. The van der Waals surface area contributed by atoms with Gasteiger partial charge in [-0.05, 0) is 42.5 Å². The van der Waals surface area contributed by atoms with Crippen molar-refractivity contribution in [3.05, 3.63) is 58.9 Å². The lowest BCUT2D eigenvalue weighted by atomic mass is 9.82. The molecular formula is C22H25FO2. The van der Waals surface area contributed by atoms with Crippen molar-refractivity contribution in [2.75, 3.05) is 14.2 Å². The highest BCUT2D eigenvalue weighted by atomic mass is 19.1. The molecule has 0 spiro atoms. The van der Waals surface area contributed by atoms with Crippen LogP contribution >= 0.6 is 0 Å². The van der Waals surface area contributed by atoms with Crippen LogP contribution < -0.4 is 9.47 Å². The predicted molar refractivity (Wildman–Crippen MR) is 101 cm³/mol. The van der Waals surface area contributed by atoms with E-state index >= 15 is 0 Å². The maximum absolute atomic E-state index is 13.8. The van der Waals surface area contributed by atoms with E-state index in [1.54, 1.807) is 32.4 Å². The van der Waals surface area contributed by atoms with Gasteiger partial charge in [-0.15, -0.1) is 0 Å². The van der Waals surface area contributed by atoms with Crippen LogP contribution in [0.15, 0.2) is 36.4 Å². The standard InChI is InChI=1S/C22H25FO2/c1-24-20-14-16(12-13-17-8-6-7-11-19(17)23)15-21(25-2)22(20)18-9-4-3-5-10-18/h6-8,11-15,18H,3-5,9-10H2,1-2H3/b13-12+. The summed E-state index contributed by atoms with van der Waals surface area (Å²) in [5, 5.41) is 0. The third-order valence-corrected chi connectivity index (χ3v) is 4.94. The van der Waals surface area contributed by atoms with E-state index in [0.29, 0.717) is 11.5 Å². The Morgan fingerprint density at radius 3 is 2.16 bits per heavy atom. The van der Waals surface area contributed by atoms with Crippen molar-refractivity contribution in [1.29, 1.82) is 0 Å². The highest BCUT2D eigenvalue weighted by Crippen LogP contribution is 2.43. The van der Waals surface area contributed by atoms with Gasteiger partial charge in [0.15, 0.2) is 0 Å². The number of methoxy groups -OCH3 is 2. The van der Waals surface area contributed by atoms with E-state index in [2.05, 4.69) is 0 Å². The number of ether oxygens (including phenoxy) is 2. The van der Waals surface area contributed by atoms with Crippen LogP contribution in [0.3, 0.4) is 0 Å². The summed E-state index contributed by atoms with van der Waals surface area (Å²) in [6.07, 6.45) is 9.86. The molecule has 1 aliphatic rings. The largest absolute Gasteiger partial charge is 0.496 e. The van der Waals surface area contributed by atoms with E-state index in [1.807, 2.05) is 24.3 Å². The molecule has 1 fully saturated rings. The number of halogens is 1. The molecule has 0 bridgehead atoms. The van der Waals surface area contributed by atoms with Crippen LogP contribution in [0.5, 0.6) is 11.5 Å². The summed E-state index contributed by atoms with van der Waals surface area (Å²) < 4.78 is 25.1. The topological polar surface area (TPSA) is 18.5 Å². The Hall–Kier alpha value is -2.29. The quantitative estimate of drug-likeness (QED) is 0.616. The Morgan fingerprint density at radius 1 is 0.920 bits per heavy atom. The SMILES string of the molecule is COc1cc(/C=C/c2ccccc2F)cc(OC)c1C1CCCCC1. The summed E-state index contributed by atoms with van der Waals surface area (Å²) in [6, 6.07) is 10.8. The van der Waals surface area contributed by atoms with Gasteiger partial charge in [0.25, 0.3) is 0 Å². The average molecular weight is 340 g/mol. The molecule has 1 aliphatic carbocycles. The Balaban J connectivity index is 1.95. The summed E-state index contributed by atoms with van der Waals surface area (Å²) in [6.45, 7) is 0. The molecule has 2 nitrogen and oxygen atoms in total. The van der Waals surface area contributed by atoms with E-state index in [-0.39, 0.29) is 5.82 Å². The lowest BCUT2D eigenvalue weighted by molar-refractivity contribution is 0.359. The second-order valence-corrected chi connectivity index (χ2v) is 6.53. The molecule has 0 radical (unpaired) electrons. The lowest BCUT2D eigenvalue weighted by Gasteiger charge is -2.26. The maximum atomic E-state index is 13.8. The first kappa shape index (κ1) is 17.5. The van der Waals surface area contributed by atoms with Gasteiger partial charge in [0, 0.05) is 11.1 Å². The van der Waals surface area contributed by atoms with Crippen molar-refractivity contribution < 1.29 is 13.9 Å². The highest BCUT2D eigenvalue weighted by molar-refractivity contribution is 5.72. The smallest absolute Gasteiger partial charge is 0.130 e. The van der Waals surface area contributed by atoms with Crippen LogP contribution in [0, 0.1) is 5.82 Å². The van der Waals surface area contributed by atoms with Gasteiger partial charge in [0.1, 0.15) is 17.3 Å². The van der Waals surface area contributed by atoms with Crippen molar-refractivity contribution >= 4 is 12.2 Å². The molecule has 2 aromatic carbocycles. The Bertz CT molecular complexity index is 720. The van der Waals surface area contributed by atoms with Crippen LogP contribution in [-0.2, 0) is 0 Å². The Kier molecular flexibility index (Phi) is 5.75. The predicted octanol–water partition coefficient (Wildman–Crippen LogP) is 6.06. The molecule has 0 heterocycles. The maximum Gasteiger partial charge on any atom is 0.130 e. The molecule has 1 saturated carbocycles. The minimum absolute atomic E-state index is 0.225. The molecule has 0 N–H and O–H groups in total. The first-order valence-corrected chi connectivity index (χ1v) is 8.91. The van der Waals surface area contributed by atoms with Gasteiger partial charge in [0.2, 0.25) is 0 Å². The van der Waals surface area contributed by atoms with E-state index in [9.17, 15) is 4.39 Å². The van der Waals surface area contributed by atoms with Crippen molar-refractivity contribution in [3.8, 4) is 11.5 Å². The second-order valence-electron chi connectivity index (χ2n) is 6.53. The lowest BCUT2D eigenvalue weighted by Crippen LogP contribution is -2.08. The van der Waals surface area contributed by atoms with Gasteiger partial charge in [-0.25, -0.2) is 4.39 Å². The molecule has 25 heavy (non-hydrogen) atoms. The fourth-order valence-corrected chi connectivity index (χ4v) is 3.65. The zero-order valence-electron chi connectivity index (χ0n) is 14.9. The van der Waals surface area contributed by atoms with Crippen LogP contribution in [-0.4, -0.2) is 14.2 Å². The summed E-state index contributed by atoms with van der Waals surface area (Å²) in [5.41, 5.74) is 2.68. The monoisotopic (exact) mass is 340 g/mol. The second kappa shape index (κ2) is 8.19. The van der Waals surface area contributed by atoms with E-state index in [0.717, 1.165) is 17.1 Å². The summed E-state index contributed by atoms with van der Waals surface area (Å²) in [5.74, 6) is 1.98. The number of rotatable bonds is 5. The van der Waals surface area contributed by atoms with Crippen molar-refractivity contribution in [3.63, 3.8) is 0 Å². The Labute approximate surface area is 149 Å². The van der Waals surface area contributed by atoms with Crippen LogP contribution in [0.1, 0.15) is 54.7 Å². The molecule has 0 amide bonds. The van der Waals surface area contributed by atoms with Crippen LogP contribution in [0.4, 0.5) is 4.39 Å². The van der Waals surface area contributed by atoms with Crippen LogP contribution in [0.2, 0.25) is 0 Å². The minimum atomic E-state index is -0.225. The summed E-state index contributed by atoms with van der Waals surface area (Å²) in [4.78, 5) is 0. The first-order chi connectivity index (χ1) is 12.2. The molecule has 0 aromatic heterocycles. The zero-order valence-corrected chi connectivity index (χ0v) is 14.9. The van der Waals surface area contributed by atoms with Crippen LogP contribution in [0.25, 0.3) is 12.2 Å². The number of hydrogen-bond donors (Lipinski definition) is 0. The molecule has 132 valence electrons. The van der Waals surface area contributed by atoms with Crippen molar-refractivity contribution in [2.45, 2.75) is 38.0 Å². The fraction of sp³-hybridized carbons (Fsp3) is 0.364. The molecule has 0 aliphatic heterocycles. The molecule has 2 aromatic rings. The van der Waals surface area contributed by atoms with Gasteiger partial charge in [-0.2, -0.15) is 0 Å². The number of benzene rings is 2. The fourth-order valence-electron chi connectivity index (χ4n) is 3.65. The summed E-state index contributed by atoms with van der Waals surface area (Å²) >= 11 is 0. The normalized spacial score (nSPS) is 15.5. The van der Waals surface area contributed by atoms with Gasteiger partial charge < -0.3 is 9.47 Å². The molecule has 0 unspecified atom stereocenters. The van der Waals surface area contributed by atoms with E-state index in [1.165, 1.54) is 43.7 Å². The number of hydrogen-bond acceptors (Lipinski definition) is 2. The van der Waals surface area contributed by atoms with Gasteiger partial charge in [-0.3, -0.25) is 0 Å². The molecule has 3 rings (SSSR count). The van der Waals surface area contributed by atoms with Crippen molar-refractivity contribution in [2.24, 2.45) is 0 Å². The zero-order chi connectivity index (χ0) is 17.6.